The third kappa shape index (κ3) is 11.8. The van der Waals surface area contributed by atoms with Gasteiger partial charge < -0.3 is 46.7 Å². The Hall–Kier alpha value is -3.90. The fourth-order valence-corrected chi connectivity index (χ4v) is 9.65. The van der Waals surface area contributed by atoms with Crippen LogP contribution in [0.3, 0.4) is 0 Å². The highest BCUT2D eigenvalue weighted by Gasteiger charge is 2.51. The number of pyridine rings is 1. The third-order valence-electron chi connectivity index (χ3n) is 12.6. The summed E-state index contributed by atoms with van der Waals surface area (Å²) in [5.41, 5.74) is 8.06. The highest BCUT2D eigenvalue weighted by atomic mass is 16.4. The number of allylic oxidation sites excluding steroid dienone is 1. The average Bonchev–Trinajstić information content (AvgIpc) is 3.74. The van der Waals surface area contributed by atoms with E-state index in [1.165, 1.54) is 25.3 Å². The Morgan fingerprint density at radius 1 is 1.00 bits per heavy atom. The zero-order valence-electron chi connectivity index (χ0n) is 33.3. The molecule has 5 rings (SSSR count). The molecule has 2 aromatic heterocycles. The number of hydrogen-bond donors (Lipinski definition) is 9. The Morgan fingerprint density at radius 3 is 2.46 bits per heavy atom. The molecule has 2 heterocycles. The van der Waals surface area contributed by atoms with Gasteiger partial charge >= 0.3 is 5.97 Å². The van der Waals surface area contributed by atoms with E-state index < -0.39 is 29.5 Å². The molecule has 2 aliphatic rings. The Bertz CT molecular complexity index is 1690. The maximum absolute atomic E-state index is 12.8. The highest BCUT2D eigenvalue weighted by Crippen LogP contribution is 2.49. The number of H-pyrrole nitrogens is 1. The number of nitrogens with one attached hydrogen (secondary N) is 2. The van der Waals surface area contributed by atoms with Crippen LogP contribution in [0, 0.1) is 35.5 Å². The lowest BCUT2D eigenvalue weighted by molar-refractivity contribution is -0.148. The first-order chi connectivity index (χ1) is 26.9. The van der Waals surface area contributed by atoms with Crippen LogP contribution in [0.1, 0.15) is 102 Å². The van der Waals surface area contributed by atoms with Crippen LogP contribution in [0.15, 0.2) is 60.8 Å². The minimum absolute atomic E-state index is 0.0446. The molecule has 0 aliphatic heterocycles. The summed E-state index contributed by atoms with van der Waals surface area (Å²) in [7, 11) is 1.81. The monoisotopic (exact) mass is 774 g/mol. The summed E-state index contributed by atoms with van der Waals surface area (Å²) in [6.07, 6.45) is 16.4. The van der Waals surface area contributed by atoms with Crippen molar-refractivity contribution in [2.24, 2.45) is 35.5 Å². The van der Waals surface area contributed by atoms with Gasteiger partial charge in [0.25, 0.3) is 0 Å². The maximum Gasteiger partial charge on any atom is 0.309 e. The number of hydrogen-bond acceptors (Lipinski definition) is 9. The van der Waals surface area contributed by atoms with E-state index in [-0.39, 0.29) is 41.8 Å². The summed E-state index contributed by atoms with van der Waals surface area (Å²) in [6, 6.07) is 12.1. The Balaban J connectivity index is 1.24. The van der Waals surface area contributed by atoms with Gasteiger partial charge in [0.05, 0.1) is 23.7 Å². The molecule has 10 N–H and O–H groups in total. The average molecular weight is 775 g/mol. The molecule has 2 aliphatic carbocycles. The lowest BCUT2D eigenvalue weighted by Gasteiger charge is -2.40. The van der Waals surface area contributed by atoms with Crippen LogP contribution in [0.4, 0.5) is 5.82 Å². The third-order valence-corrected chi connectivity index (χ3v) is 12.6. The molecule has 308 valence electrons. The Kier molecular flexibility index (Phi) is 15.8. The van der Waals surface area contributed by atoms with Gasteiger partial charge in [0.15, 0.2) is 0 Å². The van der Waals surface area contributed by atoms with E-state index in [2.05, 4.69) is 34.4 Å². The highest BCUT2D eigenvalue weighted by molar-refractivity contribution is 5.70. The van der Waals surface area contributed by atoms with Crippen molar-refractivity contribution in [2.75, 3.05) is 19.3 Å². The van der Waals surface area contributed by atoms with Gasteiger partial charge in [-0.05, 0) is 125 Å². The normalized spacial score (nSPS) is 25.3. The van der Waals surface area contributed by atoms with Crippen LogP contribution in [0.25, 0.3) is 11.3 Å². The fraction of sp³-hybridized carbons (Fsp3) is 0.600. The summed E-state index contributed by atoms with van der Waals surface area (Å²) >= 11 is 0. The number of phenols is 2. The molecule has 3 aromatic rings. The molecule has 11 heteroatoms. The number of carbonyl (C=O) groups is 1. The predicted molar refractivity (Wildman–Crippen MR) is 220 cm³/mol. The zero-order chi connectivity index (χ0) is 40.2. The van der Waals surface area contributed by atoms with Crippen molar-refractivity contribution in [2.45, 2.75) is 121 Å². The molecule has 56 heavy (non-hydrogen) atoms. The number of rotatable bonds is 22. The van der Waals surface area contributed by atoms with E-state index in [0.717, 1.165) is 49.1 Å². The molecule has 0 radical (unpaired) electrons. The van der Waals surface area contributed by atoms with Gasteiger partial charge in [-0.15, -0.1) is 0 Å². The summed E-state index contributed by atoms with van der Waals surface area (Å²) in [5.74, 6) is -1.57. The number of aliphatic hydroxyl groups is 3. The summed E-state index contributed by atoms with van der Waals surface area (Å²) in [5, 5.41) is 68.8. The van der Waals surface area contributed by atoms with Crippen LogP contribution in [0.2, 0.25) is 0 Å². The van der Waals surface area contributed by atoms with E-state index in [9.17, 15) is 35.4 Å². The van der Waals surface area contributed by atoms with Gasteiger partial charge in [-0.2, -0.15) is 0 Å². The van der Waals surface area contributed by atoms with Crippen molar-refractivity contribution in [1.29, 1.82) is 0 Å². The Labute approximate surface area is 332 Å². The van der Waals surface area contributed by atoms with Crippen LogP contribution < -0.4 is 11.1 Å². The smallest absolute Gasteiger partial charge is 0.309 e. The number of nitrogens with zero attached hydrogens (tertiary/aromatic N) is 1. The van der Waals surface area contributed by atoms with Crippen molar-refractivity contribution >= 4 is 11.8 Å². The number of aromatic amines is 1. The number of anilines is 1. The van der Waals surface area contributed by atoms with Gasteiger partial charge in [-0.3, -0.25) is 4.79 Å². The van der Waals surface area contributed by atoms with Crippen LogP contribution in [-0.2, 0) is 17.6 Å². The number of nitrogens with two attached hydrogens (primary N) is 1. The fourth-order valence-electron chi connectivity index (χ4n) is 9.65. The number of aromatic nitrogens is 2. The minimum Gasteiger partial charge on any atom is -0.508 e. The van der Waals surface area contributed by atoms with E-state index in [1.807, 2.05) is 31.3 Å². The number of aliphatic hydroxyl groups excluding tert-OH is 2. The standard InChI is InChI=1S/C45H66N4O7/c1-3-4-6-9-29-12-13-32(41(52)20-29)10-7-5-8-11-39(44(54)55)42(53)25-35(28-47-2)45(56)27-31(18-30-16-17-48-43(46)21-30)19-34(45)24-36-14-15-40(49-36)33-22-37(50)26-38(51)23-33/h12-17,21-23,26,29,31-32,34-35,39,41-42,47,49-53,56H,3-11,18-20,24-25,27-28H2,1-2H3,(H2,46,48)(H,54,55)/t29-,31+,32-,34-,35+,39+,41-,42-,45+/m1/s1. The molecule has 1 fully saturated rings. The first-order valence-corrected chi connectivity index (χ1v) is 20.9. The SMILES string of the molecule is CCCCC[C@@H]1C=C[C@@H](CCCCC[C@H](C(=O)O)[C@H](O)C[C@@H](CNC)[C@]2(O)C[C@@H](Cc3ccnc(N)c3)C[C@@H]2Cc2ccc(-c3cc(O)cc(O)c3)[nH]2)[C@H](O)C1. The lowest BCUT2D eigenvalue weighted by Crippen LogP contribution is -2.48. The molecule has 0 unspecified atom stereocenters. The largest absolute Gasteiger partial charge is 0.508 e. The van der Waals surface area contributed by atoms with Gasteiger partial charge in [-0.1, -0.05) is 57.6 Å². The molecule has 9 atom stereocenters. The summed E-state index contributed by atoms with van der Waals surface area (Å²) in [4.78, 5) is 20.1. The Morgan fingerprint density at radius 2 is 1.77 bits per heavy atom. The quantitative estimate of drug-likeness (QED) is 0.0378. The van der Waals surface area contributed by atoms with E-state index in [4.69, 9.17) is 5.73 Å². The first-order valence-electron chi connectivity index (χ1n) is 20.9. The molecule has 0 saturated heterocycles. The number of carboxylic acids is 1. The predicted octanol–water partition coefficient (Wildman–Crippen LogP) is 6.98. The molecule has 1 aromatic carbocycles. The number of benzene rings is 1. The number of unbranched alkanes of at least 4 members (excludes halogenated alkanes) is 4. The topological polar surface area (TPSA) is 205 Å². The van der Waals surface area contributed by atoms with E-state index in [0.29, 0.717) is 62.4 Å². The summed E-state index contributed by atoms with van der Waals surface area (Å²) < 4.78 is 0. The zero-order valence-corrected chi connectivity index (χ0v) is 33.3. The van der Waals surface area contributed by atoms with Crippen LogP contribution >= 0.6 is 0 Å². The lowest BCUT2D eigenvalue weighted by atomic mass is 9.73. The van der Waals surface area contributed by atoms with E-state index >= 15 is 0 Å². The van der Waals surface area contributed by atoms with Gasteiger partial charge in [-0.25, -0.2) is 4.98 Å². The van der Waals surface area contributed by atoms with Crippen LogP contribution in [-0.4, -0.2) is 78.0 Å². The second-order valence-corrected chi connectivity index (χ2v) is 16.9. The molecule has 0 spiro atoms. The number of aliphatic carboxylic acids is 1. The van der Waals surface area contributed by atoms with Crippen LogP contribution in [0.5, 0.6) is 11.5 Å². The molecule has 0 bridgehead atoms. The van der Waals surface area contributed by atoms with Crippen molar-refractivity contribution in [3.8, 4) is 22.8 Å². The van der Waals surface area contributed by atoms with Crippen molar-refractivity contribution in [3.05, 3.63) is 72.1 Å². The van der Waals surface area contributed by atoms with Crippen molar-refractivity contribution < 1.29 is 35.4 Å². The number of phenolic OH excluding ortho intramolecular Hbond substituents is 2. The second-order valence-electron chi connectivity index (χ2n) is 16.9. The van der Waals surface area contributed by atoms with Gasteiger partial charge in [0.2, 0.25) is 0 Å². The molecular weight excluding hydrogens is 709 g/mol. The molecule has 11 nitrogen and oxygen atoms in total. The molecular formula is C45H66N4O7. The van der Waals surface area contributed by atoms with E-state index in [1.54, 1.807) is 18.3 Å². The molecule has 0 amide bonds. The first kappa shape index (κ1) is 43.2. The number of nitrogen functional groups attached to an aromatic ring is 1. The minimum atomic E-state index is -1.21. The van der Waals surface area contributed by atoms with Crippen molar-refractivity contribution in [3.63, 3.8) is 0 Å². The van der Waals surface area contributed by atoms with Crippen molar-refractivity contribution in [1.82, 2.24) is 15.3 Å². The number of carboxylic acid groups (broad SMARTS) is 1. The van der Waals surface area contributed by atoms with Gasteiger partial charge in [0, 0.05) is 47.6 Å². The second kappa shape index (κ2) is 20.5. The molecule has 1 saturated carbocycles. The number of aromatic hydroxyl groups is 2. The summed E-state index contributed by atoms with van der Waals surface area (Å²) in [6.45, 7) is 2.61. The maximum atomic E-state index is 12.8. The van der Waals surface area contributed by atoms with Gasteiger partial charge in [0.1, 0.15) is 17.3 Å².